The van der Waals surface area contributed by atoms with Gasteiger partial charge < -0.3 is 4.74 Å². The monoisotopic (exact) mass is 505 g/mol. The first-order chi connectivity index (χ1) is 14.9. The molecule has 8 nitrogen and oxygen atoms in total. The van der Waals surface area contributed by atoms with Crippen LogP contribution in [-0.4, -0.2) is 30.3 Å². The summed E-state index contributed by atoms with van der Waals surface area (Å²) >= 11 is 6.38. The lowest BCUT2D eigenvalue weighted by Gasteiger charge is -2.14. The number of H-pyrrole nitrogens is 1. The van der Waals surface area contributed by atoms with E-state index in [1.807, 2.05) is 0 Å². The van der Waals surface area contributed by atoms with Gasteiger partial charge in [0, 0.05) is 15.7 Å². The Kier molecular flexibility index (Phi) is 6.72. The van der Waals surface area contributed by atoms with Crippen LogP contribution < -0.4 is 16.0 Å². The van der Waals surface area contributed by atoms with Crippen molar-refractivity contribution in [2.24, 2.45) is 0 Å². The summed E-state index contributed by atoms with van der Waals surface area (Å²) in [6.45, 7) is 1.66. The van der Waals surface area contributed by atoms with Gasteiger partial charge in [-0.05, 0) is 54.3 Å². The second-order valence-corrected chi connectivity index (χ2v) is 9.62. The van der Waals surface area contributed by atoms with Crippen LogP contribution in [0.2, 0.25) is 5.02 Å². The summed E-state index contributed by atoms with van der Waals surface area (Å²) in [5.74, 6) is 0.0836. The van der Waals surface area contributed by atoms with Crippen molar-refractivity contribution in [2.45, 2.75) is 24.7 Å². The molecule has 0 saturated heterocycles. The number of methoxy groups -OCH3 is 1. The first kappa shape index (κ1) is 23.9. The van der Waals surface area contributed by atoms with Gasteiger partial charge in [-0.25, -0.2) is 22.0 Å². The van der Waals surface area contributed by atoms with Gasteiger partial charge in [0.05, 0.1) is 12.8 Å². The lowest BCUT2D eigenvalue weighted by atomic mass is 9.99. The van der Waals surface area contributed by atoms with Crippen molar-refractivity contribution >= 4 is 31.3 Å². The predicted octanol–water partition coefficient (Wildman–Crippen LogP) is 3.35. The van der Waals surface area contributed by atoms with E-state index in [9.17, 15) is 26.8 Å². The van der Waals surface area contributed by atoms with Crippen LogP contribution in [-0.2, 0) is 15.5 Å². The highest BCUT2D eigenvalue weighted by molar-refractivity contribution is 8.13. The Labute approximate surface area is 189 Å². The number of nitrogens with one attached hydrogen (secondary N) is 1. The zero-order valence-electron chi connectivity index (χ0n) is 16.5. The molecule has 1 aromatic heterocycles. The van der Waals surface area contributed by atoms with E-state index in [1.165, 1.54) is 31.4 Å². The number of aromatic nitrogens is 3. The number of halogens is 4. The molecule has 0 radical (unpaired) electrons. The second kappa shape index (κ2) is 9.00. The summed E-state index contributed by atoms with van der Waals surface area (Å²) in [7, 11) is 2.72. The van der Waals surface area contributed by atoms with Gasteiger partial charge in [0.25, 0.3) is 21.0 Å². The molecule has 0 bridgehead atoms. The molecule has 0 atom stereocenters. The quantitative estimate of drug-likeness (QED) is 0.514. The third-order valence-corrected chi connectivity index (χ3v) is 6.26. The van der Waals surface area contributed by atoms with E-state index >= 15 is 0 Å². The van der Waals surface area contributed by atoms with Crippen LogP contribution >= 0.6 is 22.3 Å². The number of hydrogen-bond acceptors (Lipinski definition) is 6. The predicted molar refractivity (Wildman–Crippen MR) is 114 cm³/mol. The number of rotatable bonds is 6. The Morgan fingerprint density at radius 3 is 2.47 bits per heavy atom. The molecule has 0 saturated carbocycles. The zero-order valence-corrected chi connectivity index (χ0v) is 18.9. The summed E-state index contributed by atoms with van der Waals surface area (Å²) in [5, 5.41) is 3.62. The number of aryl methyl sites for hydroxylation is 1. The molecular weight excluding hydrogens is 491 g/mol. The second-order valence-electron chi connectivity index (χ2n) is 6.68. The molecule has 0 aliphatic heterocycles. The number of ether oxygens (including phenoxy) is 1. The van der Waals surface area contributed by atoms with E-state index < -0.39 is 32.4 Å². The number of hydrogen-bond donors (Lipinski definition) is 1. The molecule has 0 amide bonds. The Hall–Kier alpha value is -2.76. The first-order valence-corrected chi connectivity index (χ1v) is 11.5. The summed E-state index contributed by atoms with van der Waals surface area (Å²) in [6.07, 6.45) is -2.98. The lowest BCUT2D eigenvalue weighted by molar-refractivity contribution is 0.141. The molecule has 1 heterocycles. The topological polar surface area (TPSA) is 111 Å². The summed E-state index contributed by atoms with van der Waals surface area (Å²) < 4.78 is 55.3. The standard InChI is InChI=1S/C19H15Cl2F2N3O5S/c1-9-5-11(26-19(28)24-18(27)16(25-26)17(22)23)8-13(20)12(9)6-10-3-4-14(31-2)15(7-10)32(21,29)30/h3-5,7-8,17H,6H2,1-2H3,(H,24,27,28). The lowest BCUT2D eigenvalue weighted by Crippen LogP contribution is -2.34. The largest absolute Gasteiger partial charge is 0.495 e. The molecular formula is C19H15Cl2F2N3O5S. The summed E-state index contributed by atoms with van der Waals surface area (Å²) in [6, 6.07) is 7.25. The molecule has 170 valence electrons. The highest BCUT2D eigenvalue weighted by atomic mass is 35.7. The van der Waals surface area contributed by atoms with E-state index in [0.717, 1.165) is 0 Å². The van der Waals surface area contributed by atoms with Gasteiger partial charge in [0.1, 0.15) is 10.6 Å². The van der Waals surface area contributed by atoms with E-state index in [-0.39, 0.29) is 27.8 Å². The van der Waals surface area contributed by atoms with Gasteiger partial charge in [0.15, 0.2) is 5.69 Å². The highest BCUT2D eigenvalue weighted by Gasteiger charge is 2.20. The fourth-order valence-corrected chi connectivity index (χ4v) is 4.43. The number of nitrogens with zero attached hydrogens (tertiary/aromatic N) is 2. The molecule has 0 unspecified atom stereocenters. The van der Waals surface area contributed by atoms with Crippen molar-refractivity contribution < 1.29 is 21.9 Å². The van der Waals surface area contributed by atoms with Gasteiger partial charge in [-0.2, -0.15) is 9.78 Å². The Morgan fingerprint density at radius 1 is 1.22 bits per heavy atom. The van der Waals surface area contributed by atoms with Crippen LogP contribution in [0.3, 0.4) is 0 Å². The molecule has 0 fully saturated rings. The smallest absolute Gasteiger partial charge is 0.349 e. The Morgan fingerprint density at radius 2 is 1.91 bits per heavy atom. The average Bonchev–Trinajstić information content (AvgIpc) is 2.69. The van der Waals surface area contributed by atoms with Gasteiger partial charge >= 0.3 is 5.69 Å². The van der Waals surface area contributed by atoms with Crippen LogP contribution in [0.4, 0.5) is 8.78 Å². The zero-order chi connectivity index (χ0) is 23.8. The van der Waals surface area contributed by atoms with E-state index in [2.05, 4.69) is 5.10 Å². The van der Waals surface area contributed by atoms with Gasteiger partial charge in [-0.15, -0.1) is 0 Å². The van der Waals surface area contributed by atoms with E-state index in [0.29, 0.717) is 21.4 Å². The molecule has 2 aromatic carbocycles. The average molecular weight is 506 g/mol. The summed E-state index contributed by atoms with van der Waals surface area (Å²) in [4.78, 5) is 25.2. The van der Waals surface area contributed by atoms with Crippen LogP contribution in [0.25, 0.3) is 5.69 Å². The van der Waals surface area contributed by atoms with Gasteiger partial charge in [0.2, 0.25) is 0 Å². The minimum Gasteiger partial charge on any atom is -0.495 e. The van der Waals surface area contributed by atoms with Crippen molar-refractivity contribution in [3.8, 4) is 11.4 Å². The Bertz CT molecular complexity index is 1400. The third-order valence-electron chi connectivity index (χ3n) is 4.58. The highest BCUT2D eigenvalue weighted by Crippen LogP contribution is 2.31. The molecule has 0 spiro atoms. The van der Waals surface area contributed by atoms with E-state index in [4.69, 9.17) is 27.0 Å². The van der Waals surface area contributed by atoms with Crippen molar-refractivity contribution in [3.05, 3.63) is 78.6 Å². The number of benzene rings is 2. The molecule has 3 aromatic rings. The fourth-order valence-electron chi connectivity index (χ4n) is 3.06. The minimum atomic E-state index is -4.07. The SMILES string of the molecule is COc1ccc(Cc2c(C)cc(-n3nc(C(F)F)c(=O)[nH]c3=O)cc2Cl)cc1S(=O)(=O)Cl. The maximum Gasteiger partial charge on any atom is 0.349 e. The Balaban J connectivity index is 2.06. The van der Waals surface area contributed by atoms with Crippen LogP contribution in [0.15, 0.2) is 44.8 Å². The number of aromatic amines is 1. The minimum absolute atomic E-state index is 0.0677. The number of alkyl halides is 2. The van der Waals surface area contributed by atoms with Crippen LogP contribution in [0.1, 0.15) is 28.8 Å². The normalized spacial score (nSPS) is 11.7. The molecule has 0 aliphatic carbocycles. The molecule has 1 N–H and O–H groups in total. The fraction of sp³-hybridized carbons (Fsp3) is 0.211. The van der Waals surface area contributed by atoms with Gasteiger partial charge in [-0.3, -0.25) is 9.78 Å². The van der Waals surface area contributed by atoms with Crippen molar-refractivity contribution in [2.75, 3.05) is 7.11 Å². The molecule has 3 rings (SSSR count). The molecule has 0 aliphatic rings. The summed E-state index contributed by atoms with van der Waals surface area (Å²) in [5.41, 5.74) is -1.60. The van der Waals surface area contributed by atoms with Crippen LogP contribution in [0.5, 0.6) is 5.75 Å². The maximum absolute atomic E-state index is 13.0. The van der Waals surface area contributed by atoms with Crippen LogP contribution in [0, 0.1) is 6.92 Å². The van der Waals surface area contributed by atoms with Crippen molar-refractivity contribution in [1.82, 2.24) is 14.8 Å². The first-order valence-electron chi connectivity index (χ1n) is 8.85. The maximum atomic E-state index is 13.0. The molecule has 32 heavy (non-hydrogen) atoms. The third kappa shape index (κ3) is 4.84. The van der Waals surface area contributed by atoms with Crippen molar-refractivity contribution in [1.29, 1.82) is 0 Å². The van der Waals surface area contributed by atoms with Gasteiger partial charge in [-0.1, -0.05) is 17.7 Å². The van der Waals surface area contributed by atoms with Crippen molar-refractivity contribution in [3.63, 3.8) is 0 Å². The van der Waals surface area contributed by atoms with E-state index in [1.54, 1.807) is 18.0 Å². The molecule has 13 heteroatoms.